The number of benzene rings is 3. The number of thiazole rings is 1. The van der Waals surface area contributed by atoms with Crippen LogP contribution < -0.4 is 5.32 Å². The number of halogens is 1. The van der Waals surface area contributed by atoms with Gasteiger partial charge >= 0.3 is 12.1 Å². The highest BCUT2D eigenvalue weighted by Crippen LogP contribution is 2.38. The summed E-state index contributed by atoms with van der Waals surface area (Å²) in [6.45, 7) is 40.6. The van der Waals surface area contributed by atoms with E-state index in [0.29, 0.717) is 115 Å². The van der Waals surface area contributed by atoms with Gasteiger partial charge in [-0.1, -0.05) is 189 Å². The van der Waals surface area contributed by atoms with Gasteiger partial charge in [-0.05, 0) is 219 Å². The van der Waals surface area contributed by atoms with Crippen LogP contribution in [0.3, 0.4) is 0 Å². The molecule has 0 saturated heterocycles. The number of hydrogen-bond acceptors (Lipinski definition) is 15. The van der Waals surface area contributed by atoms with Gasteiger partial charge in [0.05, 0.1) is 18.9 Å². The number of pyridine rings is 5. The third-order valence-corrected chi connectivity index (χ3v) is 25.5. The Bertz CT molecular complexity index is 5710. The van der Waals surface area contributed by atoms with E-state index in [1.807, 2.05) is 157 Å². The van der Waals surface area contributed by atoms with Crippen LogP contribution in [0.4, 0.5) is 10.5 Å². The molecular formula is C120H142BrN11O4S2. The zero-order valence-electron chi connectivity index (χ0n) is 84.6. The minimum absolute atomic E-state index is 0.136. The molecule has 1 amide bonds. The molecule has 8 aromatic heterocycles. The average molecular weight is 1950 g/mol. The van der Waals surface area contributed by atoms with Gasteiger partial charge in [0.2, 0.25) is 0 Å². The van der Waals surface area contributed by atoms with E-state index in [1.54, 1.807) is 46.4 Å². The molecular weight excluding hydrogens is 1800 g/mol. The first-order chi connectivity index (χ1) is 66.1. The Morgan fingerprint density at radius 2 is 0.797 bits per heavy atom. The zero-order valence-corrected chi connectivity index (χ0v) is 87.8. The van der Waals surface area contributed by atoms with Crippen LogP contribution in [0.5, 0.6) is 0 Å². The van der Waals surface area contributed by atoms with Crippen molar-refractivity contribution in [1.82, 2.24) is 49.7 Å². The summed E-state index contributed by atoms with van der Waals surface area (Å²) in [5.41, 5.74) is 15.2. The summed E-state index contributed by atoms with van der Waals surface area (Å²) in [5, 5.41) is 6.93. The zero-order chi connectivity index (χ0) is 102. The fourth-order valence-corrected chi connectivity index (χ4v) is 17.4. The molecule has 8 heterocycles. The number of anilines is 1. The number of nitrogens with one attached hydrogen (secondary N) is 1. The Morgan fingerprint density at radius 3 is 1.20 bits per heavy atom. The smallest absolute Gasteiger partial charge is 0.411 e. The summed E-state index contributed by atoms with van der Waals surface area (Å²) >= 11 is 6.77. The maximum absolute atomic E-state index is 11.6. The fourth-order valence-electron chi connectivity index (χ4n) is 14.9. The maximum atomic E-state index is 11.6. The molecule has 138 heavy (non-hydrogen) atoms. The highest BCUT2D eigenvalue weighted by molar-refractivity contribution is 9.11. The summed E-state index contributed by atoms with van der Waals surface area (Å²) in [5.74, 6) is 31.0. The van der Waals surface area contributed by atoms with Gasteiger partial charge in [-0.25, -0.2) is 19.7 Å². The normalized spacial score (nSPS) is 12.2. The number of carbonyl (C=O) groups excluding carboxylic acids is 2. The quantitative estimate of drug-likeness (QED) is 0.0302. The number of aromatic nitrogens is 10. The van der Waals surface area contributed by atoms with E-state index in [1.165, 1.54) is 43.9 Å². The standard InChI is InChI=1S/C18H19NS.C18H19N.C17H23NO2.C16H19N3.C16H17N3.C14H15N.C11H18O2.C10H12BrNS/c1-4-8-18(14(2)3)15-11-17(13-19-12-15)20-16-9-6-5-7-10-16;1-4-8-18(14(2)3)17-11-16(12-19-13-17)15-9-6-5-7-10-15;1-6-8-16(12(2)3)14-9-7-10-15(11-14)18-17(19)20-13(4)5;1-5-6-16(12(2)3)14-7-13(8-17-9-14)15-10-18-19(4)11-15;1-4-5-16(12(2)3)14-6-13(7-17-8-14)15-9-18-11-19-10-15;1-5-7-14(11(3)4)13-8-12(6-2)9-15-10-13;1-5-7-10(9(3)4)8-11(12)13-6-2;1-4-5-8(7(2)3)9-6-12-10(11)13-9/h1,5-7,9-14,18H,8H2,2-3H3;1,5-7,9-14,18H,8H2,2-3H3;1,7,9-13,16H,8H2,2-5H3,(H,18,19);1,7-12,16H,6H2,2-4H3;1,6-12,16H,5H2,2-3H3;1-2,8-11,14H,7H2,3-4H3;1,9-10H,6-8H2,2-4H3;1,6-8H,5H2,2-3H3. The van der Waals surface area contributed by atoms with E-state index in [4.69, 9.17) is 67.3 Å². The van der Waals surface area contributed by atoms with Crippen LogP contribution in [0.2, 0.25) is 0 Å². The Labute approximate surface area is 845 Å². The molecule has 11 aromatic rings. The number of rotatable bonds is 33. The lowest BCUT2D eigenvalue weighted by atomic mass is 9.86. The lowest BCUT2D eigenvalue weighted by Gasteiger charge is -2.20. The van der Waals surface area contributed by atoms with Crippen LogP contribution in [0.1, 0.15) is 275 Å². The van der Waals surface area contributed by atoms with Gasteiger partial charge in [0, 0.05) is 211 Å². The predicted octanol–water partition coefficient (Wildman–Crippen LogP) is 29.2. The van der Waals surface area contributed by atoms with Crippen LogP contribution in [0.15, 0.2) is 228 Å². The highest BCUT2D eigenvalue weighted by Gasteiger charge is 2.24. The maximum Gasteiger partial charge on any atom is 0.411 e. The number of esters is 1. The largest absolute Gasteiger partial charge is 0.466 e. The molecule has 1 N–H and O–H groups in total. The summed E-state index contributed by atoms with van der Waals surface area (Å²) in [4.78, 5) is 60.2. The molecule has 0 spiro atoms. The van der Waals surface area contributed by atoms with E-state index >= 15 is 0 Å². The van der Waals surface area contributed by atoms with Gasteiger partial charge in [0.25, 0.3) is 0 Å². The van der Waals surface area contributed by atoms with Crippen molar-refractivity contribution in [3.05, 3.63) is 262 Å². The van der Waals surface area contributed by atoms with Crippen LogP contribution in [-0.2, 0) is 21.3 Å². The fraction of sp³-hybridized carbons (Fsp3) is 0.392. The van der Waals surface area contributed by atoms with Crippen molar-refractivity contribution in [2.75, 3.05) is 11.9 Å². The number of terminal acetylenes is 9. The number of aryl methyl sites for hydroxylation is 1. The monoisotopic (exact) mass is 1940 g/mol. The molecule has 0 aliphatic rings. The van der Waals surface area contributed by atoms with E-state index in [2.05, 4.69) is 291 Å². The third kappa shape index (κ3) is 43.1. The number of ether oxygens (including phenoxy) is 2. The summed E-state index contributed by atoms with van der Waals surface area (Å²) in [6.07, 6.45) is 84.0. The van der Waals surface area contributed by atoms with Crippen molar-refractivity contribution in [2.24, 2.45) is 60.3 Å². The van der Waals surface area contributed by atoms with Gasteiger partial charge in [0.1, 0.15) is 6.33 Å². The molecule has 8 atom stereocenters. The lowest BCUT2D eigenvalue weighted by Crippen LogP contribution is -2.18. The van der Waals surface area contributed by atoms with Crippen molar-refractivity contribution in [1.29, 1.82) is 0 Å². The molecule has 0 fully saturated rings. The van der Waals surface area contributed by atoms with E-state index < -0.39 is 6.09 Å². The minimum Gasteiger partial charge on any atom is -0.466 e. The van der Waals surface area contributed by atoms with Crippen molar-refractivity contribution in [3.8, 4) is 144 Å². The summed E-state index contributed by atoms with van der Waals surface area (Å²) in [7, 11) is 1.91. The average Bonchev–Trinajstić information content (AvgIpc) is 1.16. The van der Waals surface area contributed by atoms with Crippen LogP contribution >= 0.6 is 39.0 Å². The highest BCUT2D eigenvalue weighted by atomic mass is 79.9. The van der Waals surface area contributed by atoms with Crippen LogP contribution in [0.25, 0.3) is 33.4 Å². The first-order valence-corrected chi connectivity index (χ1v) is 49.6. The number of carbonyl (C=O) groups is 2. The summed E-state index contributed by atoms with van der Waals surface area (Å²) in [6, 6.07) is 39.2. The second-order valence-electron chi connectivity index (χ2n) is 36.4. The molecule has 0 aliphatic carbocycles. The van der Waals surface area contributed by atoms with Crippen molar-refractivity contribution in [2.45, 2.75) is 247 Å². The second-order valence-corrected chi connectivity index (χ2v) is 39.9. The van der Waals surface area contributed by atoms with E-state index in [-0.39, 0.29) is 18.0 Å². The van der Waals surface area contributed by atoms with Crippen LogP contribution in [0, 0.1) is 164 Å². The van der Waals surface area contributed by atoms with E-state index in [9.17, 15) is 9.59 Å². The van der Waals surface area contributed by atoms with Gasteiger partial charge < -0.3 is 9.47 Å². The molecule has 18 heteroatoms. The number of nitrogens with zero attached hydrogens (tertiary/aromatic N) is 10. The summed E-state index contributed by atoms with van der Waals surface area (Å²) < 4.78 is 12.7. The molecule has 720 valence electrons. The van der Waals surface area contributed by atoms with Gasteiger partial charge in [-0.3, -0.25) is 39.7 Å². The molecule has 8 unspecified atom stereocenters. The SMILES string of the molecule is C#CCC(CC(=O)OCC)C(C)C.C#CCC(c1cccc(NC(=O)OC(C)C)c1)C(C)C.C#CCC(c1cnc(Br)s1)C(C)C.C#CCC(c1cncc(-c2ccccc2)c1)C(C)C.C#CCC(c1cncc(-c2cncnc2)c1)C(C)C.C#CCC(c1cncc(-c2cnn(C)c2)c1)C(C)C.C#CCC(c1cncc(C#C)c1)C(C)C.C#CCC(c1cncc(Sc2ccccc2)c1)C(C)C. The van der Waals surface area contributed by atoms with Gasteiger partial charge in [-0.2, -0.15) is 5.10 Å². The first kappa shape index (κ1) is 117. The minimum atomic E-state index is -0.435. The lowest BCUT2D eigenvalue weighted by molar-refractivity contribution is -0.144. The van der Waals surface area contributed by atoms with Gasteiger partial charge in [-0.15, -0.1) is 117 Å². The Morgan fingerprint density at radius 1 is 0.399 bits per heavy atom. The first-order valence-electron chi connectivity index (χ1n) is 47.2. The molecule has 11 rings (SSSR count). The molecule has 15 nitrogen and oxygen atoms in total. The Balaban J connectivity index is 0.000000331. The van der Waals surface area contributed by atoms with E-state index in [0.717, 1.165) is 97.5 Å². The third-order valence-electron chi connectivity index (χ3n) is 22.9. The number of hydrogen-bond donors (Lipinski definition) is 1. The number of amides is 1. The van der Waals surface area contributed by atoms with Crippen LogP contribution in [-0.4, -0.2) is 74.4 Å². The Kier molecular flexibility index (Phi) is 55.8. The Hall–Kier alpha value is -13.1. The van der Waals surface area contributed by atoms with Gasteiger partial charge in [0.15, 0.2) is 3.92 Å². The molecule has 0 radical (unpaired) electrons. The second kappa shape index (κ2) is 65.6. The molecule has 3 aromatic carbocycles. The molecule has 0 aliphatic heterocycles. The van der Waals surface area contributed by atoms with Crippen molar-refractivity contribution >= 4 is 56.8 Å². The molecule has 0 bridgehead atoms. The van der Waals surface area contributed by atoms with Crippen molar-refractivity contribution in [3.63, 3.8) is 0 Å². The predicted molar refractivity (Wildman–Crippen MR) is 580 cm³/mol. The topological polar surface area (TPSA) is 186 Å². The van der Waals surface area contributed by atoms with Crippen molar-refractivity contribution < 1.29 is 19.1 Å². The molecule has 0 saturated carbocycles.